The van der Waals surface area contributed by atoms with Crippen LogP contribution in [0.5, 0.6) is 0 Å². The molecular formula is C14H18N4O3. The Bertz CT molecular complexity index is 557. The molecule has 1 aromatic rings. The average Bonchev–Trinajstić information content (AvgIpc) is 2.91. The van der Waals surface area contributed by atoms with Gasteiger partial charge in [-0.2, -0.15) is 5.10 Å². The number of rotatable bonds is 5. The number of nitrogens with one attached hydrogen (secondary N) is 1. The number of hydrogen-bond donors (Lipinski definition) is 3. The first-order valence-corrected chi connectivity index (χ1v) is 6.66. The number of hydrazone groups is 1. The lowest BCUT2D eigenvalue weighted by Crippen LogP contribution is -2.40. The zero-order valence-electron chi connectivity index (χ0n) is 11.7. The smallest absolute Gasteiger partial charge is 0.267 e. The quantitative estimate of drug-likeness (QED) is 0.686. The number of carbonyl (C=O) groups excluding carboxylic acids is 2. The Labute approximate surface area is 122 Å². The number of primary amides is 1. The summed E-state index contributed by atoms with van der Waals surface area (Å²) in [6, 6.07) is 8.37. The summed E-state index contributed by atoms with van der Waals surface area (Å²) in [6.45, 7) is 1.70. The molecule has 4 N–H and O–H groups in total. The predicted octanol–water partition coefficient (Wildman–Crippen LogP) is -0.396. The van der Waals surface area contributed by atoms with Gasteiger partial charge in [0.15, 0.2) is 0 Å². The van der Waals surface area contributed by atoms with E-state index >= 15 is 0 Å². The van der Waals surface area contributed by atoms with Gasteiger partial charge in [0.2, 0.25) is 5.91 Å². The maximum Gasteiger partial charge on any atom is 0.267 e. The number of hydrogen-bond acceptors (Lipinski definition) is 5. The molecule has 7 heteroatoms. The summed E-state index contributed by atoms with van der Waals surface area (Å²) >= 11 is 0. The second-order valence-corrected chi connectivity index (χ2v) is 4.91. The van der Waals surface area contributed by atoms with E-state index in [4.69, 9.17) is 5.73 Å². The number of nitrogens with zero attached hydrogens (tertiary/aromatic N) is 2. The van der Waals surface area contributed by atoms with Crippen molar-refractivity contribution < 1.29 is 14.7 Å². The van der Waals surface area contributed by atoms with Gasteiger partial charge in [0.25, 0.3) is 5.91 Å². The monoisotopic (exact) mass is 290 g/mol. The molecule has 0 aliphatic carbocycles. The standard InChI is InChI=1S/C14H18N4O3/c1-9(19)8-16-14(21)11-7-12(13(15)20)18(17-11)10-5-3-2-4-6-10/h2-6,9,12,19H,7-8H2,1H3,(H2,15,20)(H,16,21). The summed E-state index contributed by atoms with van der Waals surface area (Å²) in [6.07, 6.45) is -0.497. The Morgan fingerprint density at radius 3 is 2.71 bits per heavy atom. The van der Waals surface area contributed by atoms with Crippen molar-refractivity contribution in [1.82, 2.24) is 5.32 Å². The molecule has 0 aromatic heterocycles. The van der Waals surface area contributed by atoms with Crippen LogP contribution in [0.4, 0.5) is 5.69 Å². The maximum absolute atomic E-state index is 12.0. The number of aliphatic hydroxyl groups excluding tert-OH is 1. The molecule has 0 bridgehead atoms. The van der Waals surface area contributed by atoms with Crippen LogP contribution in [0.15, 0.2) is 35.4 Å². The minimum atomic E-state index is -0.681. The van der Waals surface area contributed by atoms with Gasteiger partial charge in [-0.25, -0.2) is 0 Å². The Morgan fingerprint density at radius 1 is 1.48 bits per heavy atom. The van der Waals surface area contributed by atoms with Gasteiger partial charge >= 0.3 is 0 Å². The van der Waals surface area contributed by atoms with Crippen LogP contribution < -0.4 is 16.1 Å². The van der Waals surface area contributed by atoms with Crippen LogP contribution in [-0.4, -0.2) is 41.3 Å². The maximum atomic E-state index is 12.0. The summed E-state index contributed by atoms with van der Waals surface area (Å²) in [5.74, 6) is -0.943. The number of para-hydroxylation sites is 1. The van der Waals surface area contributed by atoms with E-state index in [0.29, 0.717) is 5.69 Å². The van der Waals surface area contributed by atoms with Crippen molar-refractivity contribution in [3.05, 3.63) is 30.3 Å². The number of aliphatic hydroxyl groups is 1. The first-order valence-electron chi connectivity index (χ1n) is 6.66. The topological polar surface area (TPSA) is 108 Å². The molecule has 0 radical (unpaired) electrons. The van der Waals surface area contributed by atoms with Gasteiger partial charge in [0, 0.05) is 13.0 Å². The van der Waals surface area contributed by atoms with Crippen LogP contribution in [0.3, 0.4) is 0 Å². The van der Waals surface area contributed by atoms with E-state index in [0.717, 1.165) is 0 Å². The van der Waals surface area contributed by atoms with E-state index in [2.05, 4.69) is 10.4 Å². The van der Waals surface area contributed by atoms with Gasteiger partial charge < -0.3 is 16.2 Å². The molecule has 112 valence electrons. The zero-order chi connectivity index (χ0) is 15.4. The molecular weight excluding hydrogens is 272 g/mol. The van der Waals surface area contributed by atoms with Crippen molar-refractivity contribution >= 4 is 23.2 Å². The molecule has 2 unspecified atom stereocenters. The minimum Gasteiger partial charge on any atom is -0.392 e. The molecule has 2 rings (SSSR count). The van der Waals surface area contributed by atoms with Crippen LogP contribution >= 0.6 is 0 Å². The van der Waals surface area contributed by atoms with Crippen LogP contribution in [0, 0.1) is 0 Å². The molecule has 21 heavy (non-hydrogen) atoms. The molecule has 1 aromatic carbocycles. The highest BCUT2D eigenvalue weighted by molar-refractivity contribution is 6.40. The van der Waals surface area contributed by atoms with Crippen LogP contribution in [0.1, 0.15) is 13.3 Å². The molecule has 1 heterocycles. The Hall–Kier alpha value is -2.41. The third-order valence-corrected chi connectivity index (χ3v) is 3.08. The SMILES string of the molecule is CC(O)CNC(=O)C1=NN(c2ccccc2)C(C(N)=O)C1. The lowest BCUT2D eigenvalue weighted by molar-refractivity contribution is -0.119. The van der Waals surface area contributed by atoms with Gasteiger partial charge in [0.05, 0.1) is 11.8 Å². The normalized spacial score (nSPS) is 19.0. The van der Waals surface area contributed by atoms with Gasteiger partial charge in [-0.05, 0) is 19.1 Å². The highest BCUT2D eigenvalue weighted by Crippen LogP contribution is 2.24. The fourth-order valence-corrected chi connectivity index (χ4v) is 2.03. The van der Waals surface area contributed by atoms with Crippen LogP contribution in [-0.2, 0) is 9.59 Å². The van der Waals surface area contributed by atoms with E-state index in [9.17, 15) is 14.7 Å². The lowest BCUT2D eigenvalue weighted by atomic mass is 10.1. The molecule has 2 amide bonds. The summed E-state index contributed by atoms with van der Waals surface area (Å²) < 4.78 is 0. The van der Waals surface area contributed by atoms with Gasteiger partial charge in [-0.15, -0.1) is 0 Å². The second-order valence-electron chi connectivity index (χ2n) is 4.91. The summed E-state index contributed by atoms with van der Waals surface area (Å²) in [7, 11) is 0. The minimum absolute atomic E-state index is 0.129. The largest absolute Gasteiger partial charge is 0.392 e. The van der Waals surface area contributed by atoms with Crippen LogP contribution in [0.25, 0.3) is 0 Å². The van der Waals surface area contributed by atoms with Crippen molar-refractivity contribution in [3.8, 4) is 0 Å². The summed E-state index contributed by atoms with van der Waals surface area (Å²) in [5.41, 5.74) is 6.30. The molecule has 7 nitrogen and oxygen atoms in total. The van der Waals surface area contributed by atoms with Crippen LogP contribution in [0.2, 0.25) is 0 Å². The number of nitrogens with two attached hydrogens (primary N) is 1. The van der Waals surface area contributed by atoms with Gasteiger partial charge in [0.1, 0.15) is 11.8 Å². The number of anilines is 1. The molecule has 0 spiro atoms. The predicted molar refractivity (Wildman–Crippen MR) is 78.6 cm³/mol. The van der Waals surface area contributed by atoms with Crippen molar-refractivity contribution in [2.45, 2.75) is 25.5 Å². The highest BCUT2D eigenvalue weighted by Gasteiger charge is 2.34. The van der Waals surface area contributed by atoms with Crippen molar-refractivity contribution in [2.75, 3.05) is 11.6 Å². The van der Waals surface area contributed by atoms with Crippen molar-refractivity contribution in [2.24, 2.45) is 10.8 Å². The summed E-state index contributed by atoms with van der Waals surface area (Å²) in [4.78, 5) is 23.5. The molecule has 1 aliphatic rings. The number of benzene rings is 1. The molecule has 1 aliphatic heterocycles. The number of amides is 2. The van der Waals surface area contributed by atoms with Crippen molar-refractivity contribution in [1.29, 1.82) is 0 Å². The first-order chi connectivity index (χ1) is 9.99. The Balaban J connectivity index is 2.17. The van der Waals surface area contributed by atoms with Crippen molar-refractivity contribution in [3.63, 3.8) is 0 Å². The van der Waals surface area contributed by atoms with Gasteiger partial charge in [-0.1, -0.05) is 18.2 Å². The highest BCUT2D eigenvalue weighted by atomic mass is 16.3. The Morgan fingerprint density at radius 2 is 2.14 bits per heavy atom. The van der Waals surface area contributed by atoms with E-state index in [1.54, 1.807) is 19.1 Å². The fourth-order valence-electron chi connectivity index (χ4n) is 2.03. The van der Waals surface area contributed by atoms with E-state index in [1.165, 1.54) is 5.01 Å². The molecule has 0 saturated heterocycles. The molecule has 0 fully saturated rings. The second kappa shape index (κ2) is 6.36. The van der Waals surface area contributed by atoms with E-state index in [-0.39, 0.29) is 18.7 Å². The van der Waals surface area contributed by atoms with E-state index < -0.39 is 24.0 Å². The zero-order valence-corrected chi connectivity index (χ0v) is 11.7. The molecule has 0 saturated carbocycles. The van der Waals surface area contributed by atoms with Gasteiger partial charge in [-0.3, -0.25) is 14.6 Å². The summed E-state index contributed by atoms with van der Waals surface area (Å²) in [5, 5.41) is 17.4. The van der Waals surface area contributed by atoms with E-state index in [1.807, 2.05) is 18.2 Å². The lowest BCUT2D eigenvalue weighted by Gasteiger charge is -2.20. The third-order valence-electron chi connectivity index (χ3n) is 3.08. The Kier molecular flexibility index (Phi) is 4.54. The average molecular weight is 290 g/mol. The fraction of sp³-hybridized carbons (Fsp3) is 0.357. The first kappa shape index (κ1) is 15.0. The number of carbonyl (C=O) groups is 2. The molecule has 2 atom stereocenters. The third kappa shape index (κ3) is 3.57.